The van der Waals surface area contributed by atoms with Gasteiger partial charge in [-0.3, -0.25) is 0 Å². The van der Waals surface area contributed by atoms with E-state index in [0.717, 1.165) is 36.9 Å². The zero-order valence-electron chi connectivity index (χ0n) is 19.1. The van der Waals surface area contributed by atoms with E-state index in [9.17, 15) is 13.9 Å². The molecule has 3 aromatic carbocycles. The highest BCUT2D eigenvalue weighted by Crippen LogP contribution is 2.29. The highest BCUT2D eigenvalue weighted by Gasteiger charge is 2.22. The smallest absolute Gasteiger partial charge is 0.170 e. The van der Waals surface area contributed by atoms with Crippen LogP contribution in [0.2, 0.25) is 0 Å². The molecule has 1 atom stereocenters. The van der Waals surface area contributed by atoms with Crippen molar-refractivity contribution in [2.45, 2.75) is 25.0 Å². The number of aliphatic hydroxyl groups excluding tert-OH is 1. The van der Waals surface area contributed by atoms with Crippen LogP contribution in [-0.2, 0) is 0 Å². The van der Waals surface area contributed by atoms with E-state index >= 15 is 0 Å². The normalized spacial score (nSPS) is 15.9. The Bertz CT molecular complexity index is 1250. The number of piperidine rings is 1. The van der Waals surface area contributed by atoms with Gasteiger partial charge in [0.2, 0.25) is 0 Å². The number of hydrogen-bond acceptors (Lipinski definition) is 6. The van der Waals surface area contributed by atoms with Crippen molar-refractivity contribution in [3.63, 3.8) is 0 Å². The van der Waals surface area contributed by atoms with E-state index in [-0.39, 0.29) is 24.3 Å². The molecule has 0 radical (unpaired) electrons. The first kappa shape index (κ1) is 23.3. The Kier molecular flexibility index (Phi) is 6.92. The van der Waals surface area contributed by atoms with Crippen molar-refractivity contribution in [2.24, 2.45) is 0 Å². The summed E-state index contributed by atoms with van der Waals surface area (Å²) < 4.78 is 43.3. The van der Waals surface area contributed by atoms with Crippen LogP contribution in [0.4, 0.5) is 8.78 Å². The van der Waals surface area contributed by atoms with Gasteiger partial charge < -0.3 is 24.0 Å². The predicted molar refractivity (Wildman–Crippen MR) is 127 cm³/mol. The number of ether oxygens (including phenoxy) is 2. The predicted octanol–water partition coefficient (Wildman–Crippen LogP) is 5.06. The van der Waals surface area contributed by atoms with Crippen molar-refractivity contribution >= 4 is 11.0 Å². The Morgan fingerprint density at radius 1 is 0.943 bits per heavy atom. The Morgan fingerprint density at radius 3 is 2.37 bits per heavy atom. The van der Waals surface area contributed by atoms with E-state index < -0.39 is 6.10 Å². The van der Waals surface area contributed by atoms with Crippen LogP contribution in [0.3, 0.4) is 0 Å². The van der Waals surface area contributed by atoms with Gasteiger partial charge in [-0.15, -0.1) is 0 Å². The number of β-amino-alcohol motifs (C(OH)–C–C–N with tert-alkyl or cyclic N) is 1. The van der Waals surface area contributed by atoms with Gasteiger partial charge in [-0.25, -0.2) is 8.78 Å². The molecule has 0 saturated carbocycles. The molecule has 1 N–H and O–H groups in total. The fraction of sp³-hybridized carbons (Fsp3) is 0.296. The molecule has 1 aromatic heterocycles. The Labute approximate surface area is 201 Å². The third-order valence-electron chi connectivity index (χ3n) is 6.12. The lowest BCUT2D eigenvalue weighted by Crippen LogP contribution is -2.43. The van der Waals surface area contributed by atoms with E-state index in [0.29, 0.717) is 29.3 Å². The van der Waals surface area contributed by atoms with Crippen LogP contribution in [-0.4, -0.2) is 53.6 Å². The maximum Gasteiger partial charge on any atom is 0.170 e. The Morgan fingerprint density at radius 2 is 1.63 bits per heavy atom. The summed E-state index contributed by atoms with van der Waals surface area (Å²) in [5.41, 5.74) is 1.86. The molecule has 1 aliphatic heterocycles. The lowest BCUT2D eigenvalue weighted by Gasteiger charge is -2.33. The molecular formula is C27H26F2N2O4. The second kappa shape index (κ2) is 10.4. The van der Waals surface area contributed by atoms with E-state index in [1.165, 1.54) is 24.3 Å². The first-order chi connectivity index (χ1) is 17.0. The van der Waals surface area contributed by atoms with Gasteiger partial charge in [-0.2, -0.15) is 0 Å². The lowest BCUT2D eigenvalue weighted by atomic mass is 10.1. The molecule has 0 amide bonds. The lowest BCUT2D eigenvalue weighted by molar-refractivity contribution is 0.0401. The van der Waals surface area contributed by atoms with Gasteiger partial charge in [-0.05, 0) is 73.5 Å². The molecule has 4 aromatic rings. The monoisotopic (exact) mass is 480 g/mol. The molecule has 35 heavy (non-hydrogen) atoms. The summed E-state index contributed by atoms with van der Waals surface area (Å²) in [4.78, 5) is 2.19. The quantitative estimate of drug-likeness (QED) is 0.381. The summed E-state index contributed by atoms with van der Waals surface area (Å²) >= 11 is 0. The van der Waals surface area contributed by atoms with Gasteiger partial charge in [-0.1, -0.05) is 5.16 Å². The van der Waals surface area contributed by atoms with Gasteiger partial charge in [0.1, 0.15) is 47.6 Å². The van der Waals surface area contributed by atoms with Crippen LogP contribution in [0, 0.1) is 11.6 Å². The molecule has 0 aliphatic carbocycles. The number of halogens is 2. The van der Waals surface area contributed by atoms with Crippen LogP contribution in [0.1, 0.15) is 12.8 Å². The average molecular weight is 481 g/mol. The van der Waals surface area contributed by atoms with Gasteiger partial charge in [0.25, 0.3) is 0 Å². The minimum absolute atomic E-state index is 0.0875. The van der Waals surface area contributed by atoms with Crippen molar-refractivity contribution in [1.29, 1.82) is 0 Å². The topological polar surface area (TPSA) is 68.0 Å². The zero-order chi connectivity index (χ0) is 24.2. The van der Waals surface area contributed by atoms with Crippen LogP contribution in [0.15, 0.2) is 71.3 Å². The number of rotatable bonds is 8. The Hall–Kier alpha value is -3.49. The molecule has 0 spiro atoms. The summed E-state index contributed by atoms with van der Waals surface area (Å²) in [5, 5.41) is 15.2. The molecule has 1 fully saturated rings. The van der Waals surface area contributed by atoms with Crippen molar-refractivity contribution in [1.82, 2.24) is 10.1 Å². The van der Waals surface area contributed by atoms with Crippen molar-refractivity contribution in [3.8, 4) is 22.8 Å². The molecule has 0 bridgehead atoms. The largest absolute Gasteiger partial charge is 0.491 e. The first-order valence-corrected chi connectivity index (χ1v) is 11.6. The van der Waals surface area contributed by atoms with Crippen LogP contribution < -0.4 is 9.47 Å². The SMILES string of the molecule is OC(COc1ccc(-c2noc3cc(F)ccc23)cc1)CN1CCC(Oc2ccc(F)cc2)CC1. The number of likely N-dealkylation sites (tertiary alicyclic amines) is 1. The van der Waals surface area contributed by atoms with Crippen LogP contribution >= 0.6 is 0 Å². The molecule has 1 aliphatic rings. The molecule has 8 heteroatoms. The molecule has 1 saturated heterocycles. The third-order valence-corrected chi connectivity index (χ3v) is 6.12. The summed E-state index contributed by atoms with van der Waals surface area (Å²) in [7, 11) is 0. The molecule has 2 heterocycles. The van der Waals surface area contributed by atoms with E-state index in [1.54, 1.807) is 18.2 Å². The van der Waals surface area contributed by atoms with Gasteiger partial charge in [0.15, 0.2) is 5.58 Å². The number of aliphatic hydroxyl groups is 1. The summed E-state index contributed by atoms with van der Waals surface area (Å²) in [6.45, 7) is 2.32. The first-order valence-electron chi connectivity index (χ1n) is 11.6. The maximum atomic E-state index is 13.4. The van der Waals surface area contributed by atoms with Gasteiger partial charge in [0, 0.05) is 36.7 Å². The summed E-state index contributed by atoms with van der Waals surface area (Å²) in [6, 6.07) is 17.7. The highest BCUT2D eigenvalue weighted by atomic mass is 19.1. The maximum absolute atomic E-state index is 13.4. The third kappa shape index (κ3) is 5.78. The molecule has 182 valence electrons. The fourth-order valence-electron chi connectivity index (χ4n) is 4.29. The van der Waals surface area contributed by atoms with Gasteiger partial charge in [0.05, 0.1) is 0 Å². The van der Waals surface area contributed by atoms with E-state index in [2.05, 4.69) is 10.1 Å². The zero-order valence-corrected chi connectivity index (χ0v) is 19.1. The fourth-order valence-corrected chi connectivity index (χ4v) is 4.29. The van der Waals surface area contributed by atoms with Gasteiger partial charge >= 0.3 is 0 Å². The van der Waals surface area contributed by atoms with E-state index in [1.807, 2.05) is 24.3 Å². The number of hydrogen-bond donors (Lipinski definition) is 1. The molecule has 5 rings (SSSR count). The number of benzene rings is 3. The number of fused-ring (bicyclic) bond motifs is 1. The second-order valence-corrected chi connectivity index (χ2v) is 8.73. The molecule has 6 nitrogen and oxygen atoms in total. The Balaban J connectivity index is 1.07. The highest BCUT2D eigenvalue weighted by molar-refractivity contribution is 5.91. The van der Waals surface area contributed by atoms with Crippen LogP contribution in [0.5, 0.6) is 11.5 Å². The average Bonchev–Trinajstić information content (AvgIpc) is 3.29. The number of nitrogens with zero attached hydrogens (tertiary/aromatic N) is 2. The van der Waals surface area contributed by atoms with Crippen molar-refractivity contribution < 1.29 is 27.9 Å². The molecular weight excluding hydrogens is 454 g/mol. The second-order valence-electron chi connectivity index (χ2n) is 8.73. The minimum Gasteiger partial charge on any atom is -0.491 e. The summed E-state index contributed by atoms with van der Waals surface area (Å²) in [6.07, 6.45) is 1.15. The van der Waals surface area contributed by atoms with Crippen LogP contribution in [0.25, 0.3) is 22.2 Å². The standard InChI is InChI=1S/C27H26F2N2O4/c28-19-3-8-23(9-4-19)34-24-11-13-31(14-12-24)16-21(32)17-33-22-6-1-18(2-7-22)27-25-10-5-20(29)15-26(25)35-30-27/h1-10,15,21,24,32H,11-14,16-17H2. The van der Waals surface area contributed by atoms with Crippen molar-refractivity contribution in [2.75, 3.05) is 26.2 Å². The van der Waals surface area contributed by atoms with E-state index in [4.69, 9.17) is 14.0 Å². The molecule has 1 unspecified atom stereocenters. The van der Waals surface area contributed by atoms with Crippen molar-refractivity contribution in [3.05, 3.63) is 78.4 Å². The minimum atomic E-state index is -0.626. The summed E-state index contributed by atoms with van der Waals surface area (Å²) in [5.74, 6) is 0.666. The number of aromatic nitrogens is 1.